The number of sulfonamides is 1. The van der Waals surface area contributed by atoms with E-state index in [1.165, 1.54) is 23.0 Å². The second-order valence-corrected chi connectivity index (χ2v) is 16.7. The van der Waals surface area contributed by atoms with Crippen molar-refractivity contribution < 1.29 is 41.0 Å². The lowest BCUT2D eigenvalue weighted by molar-refractivity contribution is -0.147. The average molecular weight is 743 g/mol. The van der Waals surface area contributed by atoms with Crippen molar-refractivity contribution >= 4 is 21.6 Å². The number of carbonyl (C=O) groups is 1. The lowest BCUT2D eigenvalue weighted by Crippen LogP contribution is -2.39. The molecule has 4 aromatic rings. The van der Waals surface area contributed by atoms with Gasteiger partial charge in [-0.05, 0) is 107 Å². The summed E-state index contributed by atoms with van der Waals surface area (Å²) in [6.45, 7) is 11.6. The first-order valence-corrected chi connectivity index (χ1v) is 18.7. The van der Waals surface area contributed by atoms with Crippen molar-refractivity contribution in [3.05, 3.63) is 75.7 Å². The number of fused-ring (bicyclic) bond motifs is 2. The lowest BCUT2D eigenvalue weighted by atomic mass is 9.70. The monoisotopic (exact) mass is 742 g/mol. The topological polar surface area (TPSA) is 139 Å². The Balaban J connectivity index is 1.25. The third-order valence-corrected chi connectivity index (χ3v) is 12.4. The predicted octanol–water partition coefficient (Wildman–Crippen LogP) is 5.51. The fourth-order valence-electron chi connectivity index (χ4n) is 7.10. The van der Waals surface area contributed by atoms with Crippen LogP contribution in [0.2, 0.25) is 0 Å². The molecule has 52 heavy (non-hydrogen) atoms. The molecular formula is C36H41F3N6O6S. The fourth-order valence-corrected chi connectivity index (χ4v) is 8.73. The summed E-state index contributed by atoms with van der Waals surface area (Å²) in [5, 5.41) is 17.6. The molecule has 0 radical (unpaired) electrons. The number of nitrogens with zero attached hydrogens (tertiary/aromatic N) is 6. The molecule has 16 heteroatoms. The molecule has 0 amide bonds. The fraction of sp³-hybridized carbons (Fsp3) is 0.500. The number of benzene rings is 1. The number of alkyl halides is 3. The van der Waals surface area contributed by atoms with E-state index in [0.717, 1.165) is 29.6 Å². The minimum absolute atomic E-state index is 0.0197. The van der Waals surface area contributed by atoms with Crippen LogP contribution in [0.15, 0.2) is 41.4 Å². The molecule has 0 bridgehead atoms. The van der Waals surface area contributed by atoms with Crippen LogP contribution in [0.3, 0.4) is 0 Å². The number of hydrogen-bond acceptors (Lipinski definition) is 9. The molecule has 1 aromatic carbocycles. The van der Waals surface area contributed by atoms with E-state index in [9.17, 15) is 31.5 Å². The Morgan fingerprint density at radius 1 is 1.08 bits per heavy atom. The Kier molecular flexibility index (Phi) is 8.81. The molecule has 1 saturated heterocycles. The third-order valence-electron chi connectivity index (χ3n) is 10.7. The van der Waals surface area contributed by atoms with Crippen LogP contribution in [0.5, 0.6) is 11.8 Å². The number of likely N-dealkylation sites (tertiary alicyclic amines) is 1. The number of aromatic nitrogens is 4. The molecule has 2 aliphatic heterocycles. The molecule has 5 heterocycles. The number of rotatable bonds is 10. The van der Waals surface area contributed by atoms with Crippen molar-refractivity contribution in [2.45, 2.75) is 83.0 Å². The minimum atomic E-state index is -4.74. The van der Waals surface area contributed by atoms with Crippen LogP contribution in [-0.4, -0.2) is 86.7 Å². The zero-order chi connectivity index (χ0) is 37.4. The quantitative estimate of drug-likeness (QED) is 0.221. The smallest absolute Gasteiger partial charge is 0.452 e. The predicted molar refractivity (Wildman–Crippen MR) is 183 cm³/mol. The van der Waals surface area contributed by atoms with Gasteiger partial charge in [0.1, 0.15) is 17.1 Å². The van der Waals surface area contributed by atoms with Gasteiger partial charge in [0.2, 0.25) is 27.6 Å². The standard InChI is InChI=1S/C36H41F3N6O6S/c1-21-7-8-24(28(34(4,5)33(46)47)26-9-14-45-29(23(26)3)41-42-32(45)36(37,38)39)18-25(21)19-44-20-35(10-11-35)51-31-27(52(44,48)49)17-22(2)30(40-31)50-16-15-43-12-6-13-43/h7-9,14,17-18,28H,6,10-13,15-16,19-20H2,1-5H3,(H,46,47). The average Bonchev–Trinajstić information content (AvgIpc) is 3.65. The van der Waals surface area contributed by atoms with Crippen molar-refractivity contribution in [2.75, 3.05) is 32.8 Å². The summed E-state index contributed by atoms with van der Waals surface area (Å²) < 4.78 is 84.2. The zero-order valence-corrected chi connectivity index (χ0v) is 30.4. The Labute approximate surface area is 299 Å². The van der Waals surface area contributed by atoms with Gasteiger partial charge in [-0.15, -0.1) is 10.2 Å². The van der Waals surface area contributed by atoms with E-state index in [2.05, 4.69) is 20.1 Å². The van der Waals surface area contributed by atoms with Crippen molar-refractivity contribution in [3.63, 3.8) is 0 Å². The molecular weight excluding hydrogens is 701 g/mol. The van der Waals surface area contributed by atoms with Crippen LogP contribution >= 0.6 is 0 Å². The van der Waals surface area contributed by atoms with Crippen molar-refractivity contribution in [2.24, 2.45) is 5.41 Å². The number of ether oxygens (including phenoxy) is 2. The number of carboxylic acids is 1. The van der Waals surface area contributed by atoms with Gasteiger partial charge in [0.25, 0.3) is 0 Å². The molecule has 3 aliphatic rings. The Hall–Kier alpha value is -4.28. The van der Waals surface area contributed by atoms with Gasteiger partial charge in [-0.25, -0.2) is 8.42 Å². The van der Waals surface area contributed by atoms with Crippen LogP contribution in [0.25, 0.3) is 5.65 Å². The summed E-state index contributed by atoms with van der Waals surface area (Å²) in [6, 6.07) is 8.39. The van der Waals surface area contributed by atoms with Crippen LogP contribution in [-0.2, 0) is 27.5 Å². The van der Waals surface area contributed by atoms with Gasteiger partial charge >= 0.3 is 12.1 Å². The van der Waals surface area contributed by atoms with Gasteiger partial charge in [0, 0.05) is 30.8 Å². The normalized spacial score (nSPS) is 19.1. The first-order chi connectivity index (χ1) is 24.4. The van der Waals surface area contributed by atoms with Crippen LogP contribution in [0.1, 0.15) is 78.2 Å². The number of carboxylic acid groups (broad SMARTS) is 1. The van der Waals surface area contributed by atoms with E-state index in [-0.39, 0.29) is 29.5 Å². The number of aryl methyl sites for hydroxylation is 3. The van der Waals surface area contributed by atoms with Gasteiger partial charge in [0.15, 0.2) is 5.65 Å². The van der Waals surface area contributed by atoms with E-state index >= 15 is 0 Å². The van der Waals surface area contributed by atoms with Crippen LogP contribution in [0.4, 0.5) is 13.2 Å². The van der Waals surface area contributed by atoms with Crippen LogP contribution < -0.4 is 9.47 Å². The Morgan fingerprint density at radius 2 is 1.81 bits per heavy atom. The second kappa shape index (κ2) is 12.7. The maximum absolute atomic E-state index is 14.4. The van der Waals surface area contributed by atoms with Gasteiger partial charge in [-0.3, -0.25) is 14.1 Å². The molecule has 1 N–H and O–H groups in total. The van der Waals surface area contributed by atoms with E-state index in [1.807, 2.05) is 6.92 Å². The molecule has 1 atom stereocenters. The number of halogens is 3. The summed E-state index contributed by atoms with van der Waals surface area (Å²) in [5.74, 6) is -2.80. The maximum atomic E-state index is 14.4. The largest absolute Gasteiger partial charge is 0.481 e. The Bertz CT molecular complexity index is 2180. The third kappa shape index (κ3) is 6.38. The van der Waals surface area contributed by atoms with Gasteiger partial charge < -0.3 is 14.6 Å². The minimum Gasteiger partial charge on any atom is -0.481 e. The van der Waals surface area contributed by atoms with Crippen LogP contribution in [0, 0.1) is 26.2 Å². The molecule has 3 aromatic heterocycles. The summed E-state index contributed by atoms with van der Waals surface area (Å²) in [4.78, 5) is 19.6. The van der Waals surface area contributed by atoms with Crippen molar-refractivity contribution in [1.29, 1.82) is 0 Å². The molecule has 1 aliphatic carbocycles. The second-order valence-electron chi connectivity index (χ2n) is 14.8. The highest BCUT2D eigenvalue weighted by Gasteiger charge is 2.53. The number of hydrogen-bond donors (Lipinski definition) is 1. The molecule has 278 valence electrons. The van der Waals surface area contributed by atoms with E-state index < -0.39 is 44.9 Å². The molecule has 1 unspecified atom stereocenters. The highest BCUT2D eigenvalue weighted by Crippen LogP contribution is 2.48. The summed E-state index contributed by atoms with van der Waals surface area (Å²) in [7, 11) is -4.12. The van der Waals surface area contributed by atoms with Crippen molar-refractivity contribution in [3.8, 4) is 11.8 Å². The SMILES string of the molecule is Cc1ccc(C(c2ccn3c(C(F)(F)F)nnc3c2C)C(C)(C)C(=O)O)cc1CN1CC2(CC2)Oc2nc(OCCN3CCC3)c(C)cc2S1(=O)=O. The zero-order valence-electron chi connectivity index (χ0n) is 29.6. The lowest BCUT2D eigenvalue weighted by Gasteiger charge is -2.33. The molecule has 1 saturated carbocycles. The molecule has 2 fully saturated rings. The Morgan fingerprint density at radius 3 is 2.44 bits per heavy atom. The first-order valence-electron chi connectivity index (χ1n) is 17.2. The van der Waals surface area contributed by atoms with Gasteiger partial charge in [-0.1, -0.05) is 18.2 Å². The summed E-state index contributed by atoms with van der Waals surface area (Å²) >= 11 is 0. The highest BCUT2D eigenvalue weighted by molar-refractivity contribution is 7.89. The number of pyridine rings is 2. The van der Waals surface area contributed by atoms with Gasteiger partial charge in [-0.2, -0.15) is 22.5 Å². The van der Waals surface area contributed by atoms with Crippen molar-refractivity contribution in [1.82, 2.24) is 28.8 Å². The molecule has 1 spiro atoms. The van der Waals surface area contributed by atoms with E-state index in [4.69, 9.17) is 9.47 Å². The molecule has 12 nitrogen and oxygen atoms in total. The van der Waals surface area contributed by atoms with Gasteiger partial charge in [0.05, 0.1) is 12.0 Å². The summed E-state index contributed by atoms with van der Waals surface area (Å²) in [5.41, 5.74) is 1.12. The summed E-state index contributed by atoms with van der Waals surface area (Å²) in [6.07, 6.45) is -1.08. The first kappa shape index (κ1) is 36.1. The number of aliphatic carboxylic acids is 1. The molecule has 7 rings (SSSR count). The van der Waals surface area contributed by atoms with E-state index in [1.54, 1.807) is 52.0 Å². The maximum Gasteiger partial charge on any atom is 0.452 e. The highest BCUT2D eigenvalue weighted by atomic mass is 32.2. The van der Waals surface area contributed by atoms with E-state index in [0.29, 0.717) is 53.1 Å².